The summed E-state index contributed by atoms with van der Waals surface area (Å²) < 4.78 is 1.31. The Hall–Kier alpha value is -2.71. The van der Waals surface area contributed by atoms with Crippen LogP contribution in [0.4, 0.5) is 5.69 Å². The Morgan fingerprint density at radius 2 is 1.81 bits per heavy atom. The molecule has 1 unspecified atom stereocenters. The van der Waals surface area contributed by atoms with Gasteiger partial charge in [-0.25, -0.2) is 4.68 Å². The first-order valence-corrected chi connectivity index (χ1v) is 12.2. The van der Waals surface area contributed by atoms with Crippen molar-refractivity contribution in [2.75, 3.05) is 36.1 Å². The lowest BCUT2D eigenvalue weighted by molar-refractivity contribution is -0.128. The molecule has 1 atom stereocenters. The molecule has 0 radical (unpaired) electrons. The second kappa shape index (κ2) is 12.4. The summed E-state index contributed by atoms with van der Waals surface area (Å²) in [6.45, 7) is 9.20. The van der Waals surface area contributed by atoms with Crippen LogP contribution in [0.2, 0.25) is 0 Å². The lowest BCUT2D eigenvalue weighted by Gasteiger charge is -2.25. The van der Waals surface area contributed by atoms with E-state index in [2.05, 4.69) is 16.3 Å². The Morgan fingerprint density at radius 1 is 1.19 bits per heavy atom. The molecule has 0 aliphatic heterocycles. The van der Waals surface area contributed by atoms with E-state index in [9.17, 15) is 9.59 Å². The molecule has 2 aromatic rings. The van der Waals surface area contributed by atoms with Crippen molar-refractivity contribution in [1.29, 1.82) is 5.26 Å². The van der Waals surface area contributed by atoms with E-state index in [1.54, 1.807) is 16.7 Å². The monoisotopic (exact) mass is 475 g/mol. The minimum Gasteiger partial charge on any atom is -0.343 e. The molecule has 2 amide bonds. The zero-order valence-electron chi connectivity index (χ0n) is 18.8. The number of carbonyl (C=O) groups excluding carboxylic acids is 2. The fraction of sp³-hybridized carbons (Fsp3) is 0.476. The topological polar surface area (TPSA) is 121 Å². The van der Waals surface area contributed by atoms with E-state index >= 15 is 0 Å². The predicted octanol–water partition coefficient (Wildman–Crippen LogP) is 2.69. The Balaban J connectivity index is 2.07. The summed E-state index contributed by atoms with van der Waals surface area (Å²) in [6.07, 6.45) is 0.228. The maximum absolute atomic E-state index is 13.2. The van der Waals surface area contributed by atoms with Gasteiger partial charge in [-0.1, -0.05) is 41.2 Å². The number of nitrogen functional groups attached to an aromatic ring is 1. The number of thioether (sulfide) groups is 2. The van der Waals surface area contributed by atoms with Crippen molar-refractivity contribution in [2.24, 2.45) is 0 Å². The highest BCUT2D eigenvalue weighted by Crippen LogP contribution is 2.27. The van der Waals surface area contributed by atoms with Crippen molar-refractivity contribution in [1.82, 2.24) is 19.8 Å². The van der Waals surface area contributed by atoms with Gasteiger partial charge in [-0.2, -0.15) is 5.26 Å². The number of nitriles is 1. The third kappa shape index (κ3) is 6.64. The van der Waals surface area contributed by atoms with Crippen LogP contribution >= 0.6 is 23.5 Å². The van der Waals surface area contributed by atoms with Crippen LogP contribution < -0.4 is 10.7 Å². The van der Waals surface area contributed by atoms with Gasteiger partial charge in [0.2, 0.25) is 22.1 Å². The highest BCUT2D eigenvalue weighted by Gasteiger charge is 2.25. The normalized spacial score (nSPS) is 11.6. The van der Waals surface area contributed by atoms with Gasteiger partial charge in [0.1, 0.15) is 0 Å². The van der Waals surface area contributed by atoms with E-state index in [4.69, 9.17) is 11.1 Å². The molecule has 32 heavy (non-hydrogen) atoms. The first kappa shape index (κ1) is 25.5. The van der Waals surface area contributed by atoms with Gasteiger partial charge in [0, 0.05) is 25.3 Å². The number of rotatable bonds is 11. The molecule has 0 fully saturated rings. The lowest BCUT2D eigenvalue weighted by Crippen LogP contribution is -2.37. The fourth-order valence-electron chi connectivity index (χ4n) is 2.92. The summed E-state index contributed by atoms with van der Waals surface area (Å²) in [7, 11) is 0. The molecule has 0 spiro atoms. The second-order valence-electron chi connectivity index (χ2n) is 6.98. The summed E-state index contributed by atoms with van der Waals surface area (Å²) in [5, 5.41) is 17.4. The molecule has 0 bridgehead atoms. The van der Waals surface area contributed by atoms with Crippen molar-refractivity contribution in [3.8, 4) is 6.07 Å². The molecular weight excluding hydrogens is 446 g/mol. The summed E-state index contributed by atoms with van der Waals surface area (Å²) in [6, 6.07) is 9.69. The standard InChI is InChI=1S/C21H29N7O2S2/c1-5-26(6-2)18(29)14-31-20-24-25-21(28(20)23)32-16(4)19(30)27(13-7-12-22)17-10-8-15(3)9-11-17/h8-11,16H,5-7,13-14,23H2,1-4H3. The van der Waals surface area contributed by atoms with Gasteiger partial charge in [0.25, 0.3) is 0 Å². The second-order valence-corrected chi connectivity index (χ2v) is 9.23. The third-order valence-corrected chi connectivity index (χ3v) is 6.74. The summed E-state index contributed by atoms with van der Waals surface area (Å²) in [4.78, 5) is 28.7. The van der Waals surface area contributed by atoms with Crippen molar-refractivity contribution in [2.45, 2.75) is 49.7 Å². The summed E-state index contributed by atoms with van der Waals surface area (Å²) in [5.74, 6) is 6.19. The highest BCUT2D eigenvalue weighted by molar-refractivity contribution is 8.00. The minimum atomic E-state index is -0.503. The van der Waals surface area contributed by atoms with Crippen LogP contribution in [0.5, 0.6) is 0 Å². The van der Waals surface area contributed by atoms with Crippen molar-refractivity contribution in [3.63, 3.8) is 0 Å². The molecule has 1 aromatic carbocycles. The van der Waals surface area contributed by atoms with Gasteiger partial charge < -0.3 is 15.6 Å². The lowest BCUT2D eigenvalue weighted by atomic mass is 10.2. The van der Waals surface area contributed by atoms with Gasteiger partial charge in [-0.15, -0.1) is 10.2 Å². The molecule has 0 saturated heterocycles. The maximum atomic E-state index is 13.2. The molecule has 9 nitrogen and oxygen atoms in total. The number of aromatic nitrogens is 3. The Kier molecular flexibility index (Phi) is 9.87. The molecular formula is C21H29N7O2S2. The largest absolute Gasteiger partial charge is 0.343 e. The van der Waals surface area contributed by atoms with Gasteiger partial charge in [0.05, 0.1) is 23.5 Å². The zero-order valence-corrected chi connectivity index (χ0v) is 20.4. The molecule has 0 aliphatic rings. The number of amides is 2. The van der Waals surface area contributed by atoms with E-state index in [0.29, 0.717) is 29.9 Å². The molecule has 0 aliphatic carbocycles. The van der Waals surface area contributed by atoms with Gasteiger partial charge in [0.15, 0.2) is 0 Å². The highest BCUT2D eigenvalue weighted by atomic mass is 32.2. The summed E-state index contributed by atoms with van der Waals surface area (Å²) >= 11 is 2.40. The molecule has 1 aromatic heterocycles. The molecule has 172 valence electrons. The first-order valence-electron chi connectivity index (χ1n) is 10.3. The number of anilines is 1. The number of carbonyl (C=O) groups is 2. The van der Waals surface area contributed by atoms with Crippen LogP contribution in [0.1, 0.15) is 32.8 Å². The fourth-order valence-corrected chi connectivity index (χ4v) is 4.57. The Morgan fingerprint density at radius 3 is 2.41 bits per heavy atom. The van der Waals surface area contributed by atoms with Crippen molar-refractivity contribution >= 4 is 41.0 Å². The number of aryl methyl sites for hydroxylation is 1. The van der Waals surface area contributed by atoms with E-state index in [1.807, 2.05) is 45.0 Å². The number of benzene rings is 1. The molecule has 2 rings (SSSR count). The number of hydrogen-bond acceptors (Lipinski definition) is 8. The average molecular weight is 476 g/mol. The third-order valence-electron chi connectivity index (χ3n) is 4.76. The SMILES string of the molecule is CCN(CC)C(=O)CSc1nnc(SC(C)C(=O)N(CCC#N)c2ccc(C)cc2)n1N. The van der Waals surface area contributed by atoms with Crippen LogP contribution in [-0.2, 0) is 9.59 Å². The number of hydrogen-bond donors (Lipinski definition) is 1. The zero-order chi connectivity index (χ0) is 23.7. The van der Waals surface area contributed by atoms with Crippen molar-refractivity contribution in [3.05, 3.63) is 29.8 Å². The van der Waals surface area contributed by atoms with Crippen LogP contribution in [0.3, 0.4) is 0 Å². The van der Waals surface area contributed by atoms with E-state index in [1.165, 1.54) is 28.2 Å². The number of nitrogens with two attached hydrogens (primary N) is 1. The number of nitrogens with zero attached hydrogens (tertiary/aromatic N) is 6. The van der Waals surface area contributed by atoms with Crippen LogP contribution in [0.15, 0.2) is 34.6 Å². The van der Waals surface area contributed by atoms with E-state index < -0.39 is 5.25 Å². The van der Waals surface area contributed by atoms with Crippen LogP contribution in [0.25, 0.3) is 0 Å². The van der Waals surface area contributed by atoms with Gasteiger partial charge >= 0.3 is 0 Å². The molecule has 11 heteroatoms. The van der Waals surface area contributed by atoms with Crippen LogP contribution in [-0.4, -0.2) is 62.2 Å². The minimum absolute atomic E-state index is 0.00646. The molecule has 0 saturated carbocycles. The molecule has 1 heterocycles. The predicted molar refractivity (Wildman–Crippen MR) is 128 cm³/mol. The Bertz CT molecular complexity index is 952. The van der Waals surface area contributed by atoms with E-state index in [0.717, 1.165) is 11.3 Å². The maximum Gasteiger partial charge on any atom is 0.240 e. The molecule has 2 N–H and O–H groups in total. The average Bonchev–Trinajstić information content (AvgIpc) is 3.13. The smallest absolute Gasteiger partial charge is 0.240 e. The summed E-state index contributed by atoms with van der Waals surface area (Å²) in [5.41, 5.74) is 1.83. The van der Waals surface area contributed by atoms with Gasteiger partial charge in [-0.3, -0.25) is 9.59 Å². The quantitative estimate of drug-likeness (QED) is 0.389. The van der Waals surface area contributed by atoms with Crippen molar-refractivity contribution < 1.29 is 9.59 Å². The first-order chi connectivity index (χ1) is 15.3. The van der Waals surface area contributed by atoms with Crippen LogP contribution in [0, 0.1) is 18.3 Å². The van der Waals surface area contributed by atoms with E-state index in [-0.39, 0.29) is 24.0 Å². The Labute approximate surface area is 197 Å². The van der Waals surface area contributed by atoms with Gasteiger partial charge in [-0.05, 0) is 39.8 Å².